The summed E-state index contributed by atoms with van der Waals surface area (Å²) in [6.45, 7) is 4.94. The van der Waals surface area contributed by atoms with Gasteiger partial charge in [-0.1, -0.05) is 24.3 Å². The van der Waals surface area contributed by atoms with E-state index in [1.807, 2.05) is 12.4 Å². The maximum absolute atomic E-state index is 5.01. The molecule has 1 aromatic carbocycles. The largest absolute Gasteiger partial charge is 0.467 e. The number of methoxy groups -OCH3 is 1. The van der Waals surface area contributed by atoms with Gasteiger partial charge in [-0.2, -0.15) is 0 Å². The van der Waals surface area contributed by atoms with E-state index in [0.29, 0.717) is 6.01 Å². The molecule has 126 valence electrons. The van der Waals surface area contributed by atoms with Crippen LogP contribution in [0.2, 0.25) is 0 Å². The minimum atomic E-state index is 0.410. The smallest absolute Gasteiger partial charge is 0.316 e. The lowest BCUT2D eigenvalue weighted by Gasteiger charge is -2.20. The summed E-state index contributed by atoms with van der Waals surface area (Å²) in [5, 5.41) is 0. The summed E-state index contributed by atoms with van der Waals surface area (Å²) in [6, 6.07) is 10.1. The summed E-state index contributed by atoms with van der Waals surface area (Å²) in [6.07, 6.45) is 7.71. The SMILES string of the molecule is COc1ncc(-c2ccc([C@H]3CC3CN3CCC[C@@H]3C)cc2)cn1. The molecule has 1 aliphatic heterocycles. The van der Waals surface area contributed by atoms with Gasteiger partial charge in [-0.3, -0.25) is 0 Å². The van der Waals surface area contributed by atoms with Crippen LogP contribution in [-0.2, 0) is 0 Å². The molecule has 2 fully saturated rings. The van der Waals surface area contributed by atoms with Crippen molar-refractivity contribution in [3.63, 3.8) is 0 Å². The van der Waals surface area contributed by atoms with Gasteiger partial charge in [-0.05, 0) is 55.7 Å². The normalized spacial score (nSPS) is 26.5. The highest BCUT2D eigenvalue weighted by molar-refractivity contribution is 5.62. The van der Waals surface area contributed by atoms with Gasteiger partial charge in [-0.15, -0.1) is 0 Å². The highest BCUT2D eigenvalue weighted by Gasteiger charge is 2.40. The first-order chi connectivity index (χ1) is 11.7. The lowest BCUT2D eigenvalue weighted by molar-refractivity contribution is 0.256. The molecule has 1 saturated heterocycles. The van der Waals surface area contributed by atoms with Gasteiger partial charge in [0.2, 0.25) is 0 Å². The number of hydrogen-bond donors (Lipinski definition) is 0. The first kappa shape index (κ1) is 15.6. The van der Waals surface area contributed by atoms with E-state index in [1.54, 1.807) is 7.11 Å². The Morgan fingerprint density at radius 2 is 1.88 bits per heavy atom. The van der Waals surface area contributed by atoms with Crippen LogP contribution in [0.15, 0.2) is 36.7 Å². The lowest BCUT2D eigenvalue weighted by Crippen LogP contribution is -2.29. The summed E-state index contributed by atoms with van der Waals surface area (Å²) >= 11 is 0. The second-order valence-corrected chi connectivity index (χ2v) is 7.17. The number of aromatic nitrogens is 2. The summed E-state index contributed by atoms with van der Waals surface area (Å²) in [5.74, 6) is 1.60. The van der Waals surface area contributed by atoms with Gasteiger partial charge >= 0.3 is 6.01 Å². The zero-order valence-electron chi connectivity index (χ0n) is 14.5. The number of hydrogen-bond acceptors (Lipinski definition) is 4. The molecule has 3 atom stereocenters. The maximum Gasteiger partial charge on any atom is 0.316 e. The van der Waals surface area contributed by atoms with Crippen molar-refractivity contribution in [2.45, 2.75) is 38.1 Å². The second-order valence-electron chi connectivity index (χ2n) is 7.17. The molecule has 2 heterocycles. The quantitative estimate of drug-likeness (QED) is 0.840. The molecule has 1 saturated carbocycles. The average Bonchev–Trinajstić information content (AvgIpc) is 3.29. The van der Waals surface area contributed by atoms with Crippen LogP contribution in [0.25, 0.3) is 11.1 Å². The van der Waals surface area contributed by atoms with Crippen LogP contribution in [0.3, 0.4) is 0 Å². The molecule has 1 aromatic heterocycles. The van der Waals surface area contributed by atoms with Gasteiger partial charge in [0.1, 0.15) is 0 Å². The zero-order chi connectivity index (χ0) is 16.5. The highest BCUT2D eigenvalue weighted by Crippen LogP contribution is 2.48. The van der Waals surface area contributed by atoms with Crippen molar-refractivity contribution in [3.05, 3.63) is 42.2 Å². The Kier molecular flexibility index (Phi) is 4.23. The van der Waals surface area contributed by atoms with Crippen LogP contribution < -0.4 is 4.74 Å². The van der Waals surface area contributed by atoms with Crippen LogP contribution in [0.4, 0.5) is 0 Å². The fourth-order valence-corrected chi connectivity index (χ4v) is 3.92. The Hall–Kier alpha value is -1.94. The van der Waals surface area contributed by atoms with Crippen molar-refractivity contribution in [3.8, 4) is 17.1 Å². The van der Waals surface area contributed by atoms with Gasteiger partial charge in [0.25, 0.3) is 0 Å². The third-order valence-corrected chi connectivity index (χ3v) is 5.57. The van der Waals surface area contributed by atoms with E-state index in [0.717, 1.165) is 29.0 Å². The third-order valence-electron chi connectivity index (χ3n) is 5.57. The average molecular weight is 323 g/mol. The molecule has 4 nitrogen and oxygen atoms in total. The standard InChI is InChI=1S/C20H25N3O/c1-14-4-3-9-23(14)13-17-10-19(17)16-7-5-15(6-8-16)18-11-21-20(24-2)22-12-18/h5-8,11-12,14,17,19H,3-4,9-10,13H2,1-2H3/t14-,17?,19+/m0/s1. The van der Waals surface area contributed by atoms with Gasteiger partial charge in [0.05, 0.1) is 7.11 Å². The third kappa shape index (κ3) is 3.16. The van der Waals surface area contributed by atoms with Crippen LogP contribution in [-0.4, -0.2) is 41.1 Å². The van der Waals surface area contributed by atoms with Crippen molar-refractivity contribution >= 4 is 0 Å². The second kappa shape index (κ2) is 6.52. The topological polar surface area (TPSA) is 38.2 Å². The van der Waals surface area contributed by atoms with Crippen molar-refractivity contribution in [1.29, 1.82) is 0 Å². The molecular formula is C20H25N3O. The summed E-state index contributed by atoms with van der Waals surface area (Å²) in [7, 11) is 1.58. The molecule has 0 N–H and O–H groups in total. The lowest BCUT2D eigenvalue weighted by atomic mass is 10.0. The summed E-state index contributed by atoms with van der Waals surface area (Å²) in [4.78, 5) is 11.0. The Bertz CT molecular complexity index is 683. The van der Waals surface area contributed by atoms with Crippen LogP contribution >= 0.6 is 0 Å². The Morgan fingerprint density at radius 1 is 1.12 bits per heavy atom. The molecule has 4 heteroatoms. The summed E-state index contributed by atoms with van der Waals surface area (Å²) < 4.78 is 5.01. The first-order valence-corrected chi connectivity index (χ1v) is 8.95. The van der Waals surface area contributed by atoms with Crippen LogP contribution in [0.5, 0.6) is 6.01 Å². The molecule has 24 heavy (non-hydrogen) atoms. The fraction of sp³-hybridized carbons (Fsp3) is 0.500. The van der Waals surface area contributed by atoms with E-state index in [-0.39, 0.29) is 0 Å². The van der Waals surface area contributed by atoms with Gasteiger partial charge in [0.15, 0.2) is 0 Å². The van der Waals surface area contributed by atoms with Gasteiger partial charge in [0, 0.05) is 30.5 Å². The predicted molar refractivity (Wildman–Crippen MR) is 95.1 cm³/mol. The minimum absolute atomic E-state index is 0.410. The fourth-order valence-electron chi connectivity index (χ4n) is 3.92. The molecule has 0 bridgehead atoms. The first-order valence-electron chi connectivity index (χ1n) is 8.95. The summed E-state index contributed by atoms with van der Waals surface area (Å²) in [5.41, 5.74) is 3.66. The molecule has 1 unspecified atom stereocenters. The molecule has 0 amide bonds. The molecule has 0 radical (unpaired) electrons. The van der Waals surface area contributed by atoms with Crippen LogP contribution in [0.1, 0.15) is 37.7 Å². The van der Waals surface area contributed by atoms with Gasteiger partial charge in [-0.25, -0.2) is 9.97 Å². The van der Waals surface area contributed by atoms with E-state index < -0.39 is 0 Å². The van der Waals surface area contributed by atoms with E-state index >= 15 is 0 Å². The van der Waals surface area contributed by atoms with Crippen molar-refractivity contribution in [1.82, 2.24) is 14.9 Å². The zero-order valence-corrected chi connectivity index (χ0v) is 14.5. The number of benzene rings is 1. The molecule has 2 aromatic rings. The number of nitrogens with zero attached hydrogens (tertiary/aromatic N) is 3. The Morgan fingerprint density at radius 3 is 2.50 bits per heavy atom. The highest BCUT2D eigenvalue weighted by atomic mass is 16.5. The molecule has 1 aliphatic carbocycles. The number of rotatable bonds is 5. The number of likely N-dealkylation sites (tertiary alicyclic amines) is 1. The monoisotopic (exact) mass is 323 g/mol. The van der Waals surface area contributed by atoms with Crippen molar-refractivity contribution < 1.29 is 4.74 Å². The van der Waals surface area contributed by atoms with E-state index in [2.05, 4.69) is 46.1 Å². The Balaban J connectivity index is 1.39. The molecule has 2 aliphatic rings. The van der Waals surface area contributed by atoms with Gasteiger partial charge < -0.3 is 9.64 Å². The molecular weight excluding hydrogens is 298 g/mol. The predicted octanol–water partition coefficient (Wildman–Crippen LogP) is 3.74. The van der Waals surface area contributed by atoms with E-state index in [1.165, 1.54) is 37.9 Å². The molecule has 4 rings (SSSR count). The van der Waals surface area contributed by atoms with E-state index in [9.17, 15) is 0 Å². The number of ether oxygens (including phenoxy) is 1. The van der Waals surface area contributed by atoms with Crippen LogP contribution in [0, 0.1) is 5.92 Å². The maximum atomic E-state index is 5.01. The van der Waals surface area contributed by atoms with E-state index in [4.69, 9.17) is 4.74 Å². The van der Waals surface area contributed by atoms with Crippen molar-refractivity contribution in [2.75, 3.05) is 20.2 Å². The Labute approximate surface area is 143 Å². The van der Waals surface area contributed by atoms with Crippen molar-refractivity contribution in [2.24, 2.45) is 5.92 Å². The molecule has 0 spiro atoms. The minimum Gasteiger partial charge on any atom is -0.467 e.